The van der Waals surface area contributed by atoms with Crippen molar-refractivity contribution in [3.63, 3.8) is 0 Å². The second-order valence-electron chi connectivity index (χ2n) is 4.68. The summed E-state index contributed by atoms with van der Waals surface area (Å²) in [4.78, 5) is 24.0. The third-order valence-electron chi connectivity index (χ3n) is 3.08. The quantitative estimate of drug-likeness (QED) is 0.531. The van der Waals surface area contributed by atoms with Crippen LogP contribution in [0.15, 0.2) is 48.5 Å². The minimum Gasteiger partial charge on any atom is -0.393 e. The molecule has 0 fully saturated rings. The maximum Gasteiger partial charge on any atom is 0.292 e. The van der Waals surface area contributed by atoms with Crippen LogP contribution in [0, 0.1) is 10.1 Å². The molecule has 0 aliphatic rings. The Kier molecular flexibility index (Phi) is 4.18. The highest BCUT2D eigenvalue weighted by atomic mass is 16.6. The van der Waals surface area contributed by atoms with Crippen LogP contribution in [0.3, 0.4) is 0 Å². The average Bonchev–Trinajstić information content (AvgIpc) is 2.47. The summed E-state index contributed by atoms with van der Waals surface area (Å²) < 4.78 is 0. The smallest absolute Gasteiger partial charge is 0.292 e. The number of amides is 1. The molecule has 6 heteroatoms. The number of nitro groups is 1. The average molecular weight is 285 g/mol. The van der Waals surface area contributed by atoms with Crippen molar-refractivity contribution in [1.29, 1.82) is 0 Å². The fourth-order valence-electron chi connectivity index (χ4n) is 2.00. The molecular formula is C15H15N3O3. The highest BCUT2D eigenvalue weighted by Gasteiger charge is 2.17. The minimum atomic E-state index is -0.572. The van der Waals surface area contributed by atoms with E-state index in [1.54, 1.807) is 7.05 Å². The Morgan fingerprint density at radius 2 is 1.90 bits per heavy atom. The molecular weight excluding hydrogens is 270 g/mol. The van der Waals surface area contributed by atoms with Crippen LogP contribution in [-0.4, -0.2) is 22.8 Å². The van der Waals surface area contributed by atoms with Gasteiger partial charge in [-0.2, -0.15) is 0 Å². The normalized spacial score (nSPS) is 10.1. The number of hydrogen-bond acceptors (Lipinski definition) is 4. The number of anilines is 1. The number of nitro benzene ring substituents is 1. The van der Waals surface area contributed by atoms with Crippen molar-refractivity contribution in [3.05, 3.63) is 69.8 Å². The molecule has 2 aromatic carbocycles. The molecule has 0 bridgehead atoms. The van der Waals surface area contributed by atoms with Crippen molar-refractivity contribution in [2.24, 2.45) is 0 Å². The largest absolute Gasteiger partial charge is 0.393 e. The molecule has 2 aromatic rings. The van der Waals surface area contributed by atoms with Gasteiger partial charge in [0.15, 0.2) is 0 Å². The van der Waals surface area contributed by atoms with Gasteiger partial charge in [-0.3, -0.25) is 14.9 Å². The first-order valence-corrected chi connectivity index (χ1v) is 6.32. The molecule has 0 radical (unpaired) electrons. The van der Waals surface area contributed by atoms with Gasteiger partial charge in [-0.25, -0.2) is 0 Å². The SMILES string of the molecule is CN(Cc1ccccc1)C(=O)c1ccc([N+](=O)[O-])c(N)c1. The van der Waals surface area contributed by atoms with Crippen LogP contribution < -0.4 is 5.73 Å². The summed E-state index contributed by atoms with van der Waals surface area (Å²) in [5.41, 5.74) is 6.72. The van der Waals surface area contributed by atoms with E-state index in [1.165, 1.54) is 23.1 Å². The van der Waals surface area contributed by atoms with Gasteiger partial charge in [0, 0.05) is 25.2 Å². The van der Waals surface area contributed by atoms with E-state index in [2.05, 4.69) is 0 Å². The molecule has 2 rings (SSSR count). The molecule has 2 N–H and O–H groups in total. The lowest BCUT2D eigenvalue weighted by Gasteiger charge is -2.17. The number of nitrogen functional groups attached to an aromatic ring is 1. The number of hydrogen-bond donors (Lipinski definition) is 1. The van der Waals surface area contributed by atoms with Crippen LogP contribution in [0.1, 0.15) is 15.9 Å². The Balaban J connectivity index is 2.16. The predicted molar refractivity (Wildman–Crippen MR) is 79.7 cm³/mol. The van der Waals surface area contributed by atoms with Crippen molar-refractivity contribution in [1.82, 2.24) is 4.90 Å². The first kappa shape index (κ1) is 14.5. The van der Waals surface area contributed by atoms with E-state index in [0.29, 0.717) is 12.1 Å². The number of carbonyl (C=O) groups excluding carboxylic acids is 1. The van der Waals surface area contributed by atoms with Gasteiger partial charge < -0.3 is 10.6 Å². The second-order valence-corrected chi connectivity index (χ2v) is 4.68. The predicted octanol–water partition coefficient (Wildman–Crippen LogP) is 2.45. The van der Waals surface area contributed by atoms with Gasteiger partial charge in [0.05, 0.1) is 4.92 Å². The molecule has 0 saturated carbocycles. The number of nitrogens with zero attached hydrogens (tertiary/aromatic N) is 2. The van der Waals surface area contributed by atoms with E-state index < -0.39 is 4.92 Å². The molecule has 0 unspecified atom stereocenters. The van der Waals surface area contributed by atoms with Crippen molar-refractivity contribution in [2.45, 2.75) is 6.54 Å². The molecule has 108 valence electrons. The van der Waals surface area contributed by atoms with E-state index in [-0.39, 0.29) is 17.3 Å². The van der Waals surface area contributed by atoms with Gasteiger partial charge in [-0.05, 0) is 17.7 Å². The van der Waals surface area contributed by atoms with Gasteiger partial charge >= 0.3 is 0 Å². The topological polar surface area (TPSA) is 89.5 Å². The van der Waals surface area contributed by atoms with Crippen molar-refractivity contribution in [3.8, 4) is 0 Å². The molecule has 0 aliphatic heterocycles. The fourth-order valence-corrected chi connectivity index (χ4v) is 2.00. The monoisotopic (exact) mass is 285 g/mol. The maximum atomic E-state index is 12.3. The van der Waals surface area contributed by atoms with Crippen LogP contribution in [-0.2, 0) is 6.54 Å². The molecule has 0 saturated heterocycles. The summed E-state index contributed by atoms with van der Waals surface area (Å²) in [6, 6.07) is 13.6. The molecule has 0 heterocycles. The van der Waals surface area contributed by atoms with Crippen LogP contribution in [0.25, 0.3) is 0 Å². The summed E-state index contributed by atoms with van der Waals surface area (Å²) in [6.45, 7) is 0.455. The maximum absolute atomic E-state index is 12.3. The van der Waals surface area contributed by atoms with E-state index in [9.17, 15) is 14.9 Å². The summed E-state index contributed by atoms with van der Waals surface area (Å²) in [7, 11) is 1.67. The van der Waals surface area contributed by atoms with Crippen molar-refractivity contribution >= 4 is 17.3 Å². The zero-order valence-electron chi connectivity index (χ0n) is 11.5. The van der Waals surface area contributed by atoms with Crippen LogP contribution in [0.4, 0.5) is 11.4 Å². The number of nitrogens with two attached hydrogens (primary N) is 1. The van der Waals surface area contributed by atoms with E-state index >= 15 is 0 Å². The minimum absolute atomic E-state index is 0.0149. The highest BCUT2D eigenvalue weighted by molar-refractivity contribution is 5.95. The lowest BCUT2D eigenvalue weighted by molar-refractivity contribution is -0.383. The van der Waals surface area contributed by atoms with Gasteiger partial charge in [0.1, 0.15) is 5.69 Å². The third-order valence-corrected chi connectivity index (χ3v) is 3.08. The second kappa shape index (κ2) is 6.04. The van der Waals surface area contributed by atoms with Gasteiger partial charge in [-0.1, -0.05) is 30.3 Å². The molecule has 1 amide bonds. The zero-order chi connectivity index (χ0) is 15.4. The lowest BCUT2D eigenvalue weighted by Crippen LogP contribution is -2.26. The number of rotatable bonds is 4. The van der Waals surface area contributed by atoms with Crippen LogP contribution in [0.2, 0.25) is 0 Å². The van der Waals surface area contributed by atoms with Crippen LogP contribution in [0.5, 0.6) is 0 Å². The molecule has 0 aliphatic carbocycles. The first-order valence-electron chi connectivity index (χ1n) is 6.32. The molecule has 0 spiro atoms. The Hall–Kier alpha value is -2.89. The number of benzene rings is 2. The summed E-state index contributed by atoms with van der Waals surface area (Å²) >= 11 is 0. The molecule has 6 nitrogen and oxygen atoms in total. The Morgan fingerprint density at radius 3 is 2.48 bits per heavy atom. The van der Waals surface area contributed by atoms with Gasteiger partial charge in [-0.15, -0.1) is 0 Å². The zero-order valence-corrected chi connectivity index (χ0v) is 11.5. The number of carbonyl (C=O) groups is 1. The van der Waals surface area contributed by atoms with Gasteiger partial charge in [0.2, 0.25) is 0 Å². The molecule has 0 aromatic heterocycles. The Morgan fingerprint density at radius 1 is 1.24 bits per heavy atom. The Labute approximate surface area is 121 Å². The summed E-state index contributed by atoms with van der Waals surface area (Å²) in [6.07, 6.45) is 0. The van der Waals surface area contributed by atoms with Crippen molar-refractivity contribution < 1.29 is 9.72 Å². The fraction of sp³-hybridized carbons (Fsp3) is 0.133. The van der Waals surface area contributed by atoms with E-state index in [0.717, 1.165) is 5.56 Å². The van der Waals surface area contributed by atoms with E-state index in [4.69, 9.17) is 5.73 Å². The summed E-state index contributed by atoms with van der Waals surface area (Å²) in [5.74, 6) is -0.236. The summed E-state index contributed by atoms with van der Waals surface area (Å²) in [5, 5.41) is 10.7. The third kappa shape index (κ3) is 3.36. The van der Waals surface area contributed by atoms with E-state index in [1.807, 2.05) is 30.3 Å². The van der Waals surface area contributed by atoms with Gasteiger partial charge in [0.25, 0.3) is 11.6 Å². The lowest BCUT2D eigenvalue weighted by atomic mass is 10.1. The van der Waals surface area contributed by atoms with Crippen LogP contribution >= 0.6 is 0 Å². The Bertz CT molecular complexity index is 671. The first-order chi connectivity index (χ1) is 9.99. The molecule has 0 atom stereocenters. The standard InChI is InChI=1S/C15H15N3O3/c1-17(10-11-5-3-2-4-6-11)15(19)12-7-8-14(18(20)21)13(16)9-12/h2-9H,10,16H2,1H3. The highest BCUT2D eigenvalue weighted by Crippen LogP contribution is 2.22. The van der Waals surface area contributed by atoms with Crippen molar-refractivity contribution in [2.75, 3.05) is 12.8 Å². The molecule has 21 heavy (non-hydrogen) atoms.